The van der Waals surface area contributed by atoms with E-state index >= 15 is 0 Å². The Morgan fingerprint density at radius 1 is 1.23 bits per heavy atom. The molecule has 2 unspecified atom stereocenters. The van der Waals surface area contributed by atoms with Crippen molar-refractivity contribution < 1.29 is 27.9 Å². The largest absolute Gasteiger partial charge is 0.477 e. The summed E-state index contributed by atoms with van der Waals surface area (Å²) in [7, 11) is 0. The van der Waals surface area contributed by atoms with Gasteiger partial charge in [0.15, 0.2) is 0 Å². The molecule has 1 aliphatic rings. The predicted molar refractivity (Wildman–Crippen MR) is 70.5 cm³/mol. The Kier molecular flexibility index (Phi) is 4.68. The number of hydrogen-bond acceptors (Lipinski definition) is 3. The molecule has 0 aliphatic heterocycles. The van der Waals surface area contributed by atoms with Gasteiger partial charge in [-0.25, -0.2) is 9.78 Å². The minimum Gasteiger partial charge on any atom is -0.477 e. The molecule has 1 aromatic rings. The highest BCUT2D eigenvalue weighted by Gasteiger charge is 2.45. The van der Waals surface area contributed by atoms with E-state index in [1.807, 2.05) is 0 Å². The van der Waals surface area contributed by atoms with Crippen molar-refractivity contribution in [2.75, 3.05) is 0 Å². The first-order valence-electron chi connectivity index (χ1n) is 6.86. The van der Waals surface area contributed by atoms with Gasteiger partial charge in [0.2, 0.25) is 0 Å². The molecular weight excluding hydrogens is 301 g/mol. The number of alkyl halides is 3. The fourth-order valence-corrected chi connectivity index (χ4v) is 2.60. The van der Waals surface area contributed by atoms with Crippen molar-refractivity contribution >= 4 is 11.9 Å². The lowest BCUT2D eigenvalue weighted by Crippen LogP contribution is -2.47. The normalized spacial score (nSPS) is 22.1. The van der Waals surface area contributed by atoms with Crippen LogP contribution in [0.4, 0.5) is 13.2 Å². The van der Waals surface area contributed by atoms with Gasteiger partial charge in [-0.3, -0.25) is 4.79 Å². The molecule has 1 amide bonds. The molecule has 1 aromatic heterocycles. The summed E-state index contributed by atoms with van der Waals surface area (Å²) in [5.74, 6) is -3.46. The first kappa shape index (κ1) is 16.3. The molecule has 0 spiro atoms. The van der Waals surface area contributed by atoms with Crippen LogP contribution in [0.15, 0.2) is 18.3 Å². The highest BCUT2D eigenvalue weighted by molar-refractivity contribution is 5.95. The summed E-state index contributed by atoms with van der Waals surface area (Å²) in [5.41, 5.74) is -0.195. The maximum absolute atomic E-state index is 13.0. The van der Waals surface area contributed by atoms with Crippen LogP contribution in [0.3, 0.4) is 0 Å². The Morgan fingerprint density at radius 3 is 2.45 bits per heavy atom. The monoisotopic (exact) mass is 316 g/mol. The van der Waals surface area contributed by atoms with Crippen molar-refractivity contribution in [3.8, 4) is 0 Å². The van der Waals surface area contributed by atoms with Gasteiger partial charge in [-0.15, -0.1) is 0 Å². The van der Waals surface area contributed by atoms with Crippen LogP contribution in [-0.2, 0) is 0 Å². The molecule has 22 heavy (non-hydrogen) atoms. The molecule has 0 aromatic carbocycles. The Labute approximate surface area is 124 Å². The number of halogens is 3. The van der Waals surface area contributed by atoms with Gasteiger partial charge in [0.1, 0.15) is 5.69 Å². The standard InChI is InChI=1S/C14H15F3N2O3/c15-14(16,17)9-3-1-2-4-10(9)19-12(20)8-5-6-11(13(21)22)18-7-8/h5-7,9-10H,1-4H2,(H,19,20)(H,21,22). The molecule has 0 radical (unpaired) electrons. The molecule has 8 heteroatoms. The van der Waals surface area contributed by atoms with Crippen LogP contribution in [0.25, 0.3) is 0 Å². The zero-order valence-corrected chi connectivity index (χ0v) is 11.6. The second-order valence-corrected chi connectivity index (χ2v) is 5.25. The average molecular weight is 316 g/mol. The minimum atomic E-state index is -4.34. The highest BCUT2D eigenvalue weighted by Crippen LogP contribution is 2.37. The molecule has 2 atom stereocenters. The van der Waals surface area contributed by atoms with E-state index < -0.39 is 30.0 Å². The van der Waals surface area contributed by atoms with Gasteiger partial charge < -0.3 is 10.4 Å². The van der Waals surface area contributed by atoms with E-state index in [-0.39, 0.29) is 24.1 Å². The van der Waals surface area contributed by atoms with Crippen LogP contribution in [-0.4, -0.2) is 34.2 Å². The number of carboxylic acids is 1. The lowest BCUT2D eigenvalue weighted by Gasteiger charge is -2.33. The molecule has 0 bridgehead atoms. The zero-order chi connectivity index (χ0) is 16.3. The summed E-state index contributed by atoms with van der Waals surface area (Å²) in [6.07, 6.45) is -1.89. The quantitative estimate of drug-likeness (QED) is 0.898. The van der Waals surface area contributed by atoms with E-state index in [2.05, 4.69) is 10.3 Å². The summed E-state index contributed by atoms with van der Waals surface area (Å²) in [6, 6.07) is 1.41. The van der Waals surface area contributed by atoms with Gasteiger partial charge >= 0.3 is 12.1 Å². The van der Waals surface area contributed by atoms with E-state index in [1.54, 1.807) is 0 Å². The number of aromatic carboxylic acids is 1. The van der Waals surface area contributed by atoms with Crippen molar-refractivity contribution in [3.63, 3.8) is 0 Å². The Hall–Kier alpha value is -2.12. The minimum absolute atomic E-state index is 0.00461. The summed E-state index contributed by atoms with van der Waals surface area (Å²) >= 11 is 0. The smallest absolute Gasteiger partial charge is 0.393 e. The van der Waals surface area contributed by atoms with Crippen LogP contribution in [0.5, 0.6) is 0 Å². The third-order valence-electron chi connectivity index (χ3n) is 3.75. The molecule has 2 rings (SSSR count). The number of amides is 1. The van der Waals surface area contributed by atoms with Crippen LogP contribution >= 0.6 is 0 Å². The number of carbonyl (C=O) groups is 2. The zero-order valence-electron chi connectivity index (χ0n) is 11.6. The van der Waals surface area contributed by atoms with E-state index in [0.29, 0.717) is 12.8 Å². The lowest BCUT2D eigenvalue weighted by atomic mass is 9.84. The Bertz CT molecular complexity index is 557. The molecule has 5 nitrogen and oxygen atoms in total. The van der Waals surface area contributed by atoms with Gasteiger partial charge in [-0.2, -0.15) is 13.2 Å². The summed E-state index contributed by atoms with van der Waals surface area (Å²) < 4.78 is 38.9. The second kappa shape index (κ2) is 6.33. The van der Waals surface area contributed by atoms with Crippen LogP contribution in [0.2, 0.25) is 0 Å². The molecular formula is C14H15F3N2O3. The van der Waals surface area contributed by atoms with Crippen molar-refractivity contribution in [1.29, 1.82) is 0 Å². The maximum atomic E-state index is 13.0. The van der Waals surface area contributed by atoms with Crippen molar-refractivity contribution in [2.24, 2.45) is 5.92 Å². The summed E-state index contributed by atoms with van der Waals surface area (Å²) in [6.45, 7) is 0. The molecule has 0 saturated heterocycles. The van der Waals surface area contributed by atoms with Gasteiger partial charge in [-0.1, -0.05) is 12.8 Å². The van der Waals surface area contributed by atoms with Gasteiger partial charge in [0.05, 0.1) is 11.5 Å². The second-order valence-electron chi connectivity index (χ2n) is 5.25. The third-order valence-corrected chi connectivity index (χ3v) is 3.75. The molecule has 1 fully saturated rings. The van der Waals surface area contributed by atoms with Gasteiger partial charge in [0, 0.05) is 12.2 Å². The Balaban J connectivity index is 2.08. The van der Waals surface area contributed by atoms with Crippen LogP contribution < -0.4 is 5.32 Å². The SMILES string of the molecule is O=C(NC1CCCCC1C(F)(F)F)c1ccc(C(=O)O)nc1. The van der Waals surface area contributed by atoms with Crippen LogP contribution in [0.1, 0.15) is 46.5 Å². The molecule has 1 saturated carbocycles. The fourth-order valence-electron chi connectivity index (χ4n) is 2.60. The van der Waals surface area contributed by atoms with Gasteiger partial charge in [0.25, 0.3) is 5.91 Å². The lowest BCUT2D eigenvalue weighted by molar-refractivity contribution is -0.187. The first-order valence-corrected chi connectivity index (χ1v) is 6.86. The Morgan fingerprint density at radius 2 is 1.91 bits per heavy atom. The average Bonchev–Trinajstić information content (AvgIpc) is 2.46. The number of carbonyl (C=O) groups excluding carboxylic acids is 1. The number of nitrogens with zero attached hydrogens (tertiary/aromatic N) is 1. The number of carboxylic acid groups (broad SMARTS) is 1. The number of aromatic nitrogens is 1. The maximum Gasteiger partial charge on any atom is 0.393 e. The topological polar surface area (TPSA) is 79.3 Å². The first-order chi connectivity index (χ1) is 10.3. The molecule has 1 heterocycles. The molecule has 2 N–H and O–H groups in total. The van der Waals surface area contributed by atoms with E-state index in [0.717, 1.165) is 12.3 Å². The molecule has 120 valence electrons. The van der Waals surface area contributed by atoms with E-state index in [4.69, 9.17) is 5.11 Å². The van der Waals surface area contributed by atoms with Crippen molar-refractivity contribution in [3.05, 3.63) is 29.6 Å². The number of pyridine rings is 1. The highest BCUT2D eigenvalue weighted by atomic mass is 19.4. The van der Waals surface area contributed by atoms with Crippen LogP contribution in [0, 0.1) is 5.92 Å². The number of hydrogen-bond donors (Lipinski definition) is 2. The summed E-state index contributed by atoms with van der Waals surface area (Å²) in [4.78, 5) is 26.2. The number of rotatable bonds is 3. The molecule has 1 aliphatic carbocycles. The predicted octanol–water partition coefficient (Wildman–Crippen LogP) is 2.63. The van der Waals surface area contributed by atoms with Crippen molar-refractivity contribution in [1.82, 2.24) is 10.3 Å². The van der Waals surface area contributed by atoms with Crippen molar-refractivity contribution in [2.45, 2.75) is 37.9 Å². The fraction of sp³-hybridized carbons (Fsp3) is 0.500. The summed E-state index contributed by atoms with van der Waals surface area (Å²) in [5, 5.41) is 11.1. The van der Waals surface area contributed by atoms with Gasteiger partial charge in [-0.05, 0) is 25.0 Å². The third kappa shape index (κ3) is 3.75. The van der Waals surface area contributed by atoms with E-state index in [1.165, 1.54) is 6.07 Å². The number of nitrogens with one attached hydrogen (secondary N) is 1. The van der Waals surface area contributed by atoms with E-state index in [9.17, 15) is 22.8 Å².